The van der Waals surface area contributed by atoms with Crippen molar-refractivity contribution in [3.63, 3.8) is 0 Å². The number of nitrogen functional groups attached to an aromatic ring is 1. The number of thiazole rings is 1. The molecule has 0 radical (unpaired) electrons. The van der Waals surface area contributed by atoms with E-state index >= 15 is 0 Å². The van der Waals surface area contributed by atoms with Crippen LogP contribution in [0, 0.1) is 6.92 Å². The van der Waals surface area contributed by atoms with Gasteiger partial charge in [0.15, 0.2) is 0 Å². The van der Waals surface area contributed by atoms with Gasteiger partial charge in [0.2, 0.25) is 5.95 Å². The highest BCUT2D eigenvalue weighted by molar-refractivity contribution is 7.09. The number of aryl methyl sites for hydroxylation is 3. The summed E-state index contributed by atoms with van der Waals surface area (Å²) in [5.74, 6) is 1.34. The second-order valence-electron chi connectivity index (χ2n) is 4.58. The second kappa shape index (κ2) is 5.13. The fourth-order valence-electron chi connectivity index (χ4n) is 2.23. The Hall–Kier alpha value is -2.08. The number of methoxy groups -OCH3 is 1. The Morgan fingerprint density at radius 2 is 2.20 bits per heavy atom. The van der Waals surface area contributed by atoms with E-state index in [0.717, 1.165) is 40.5 Å². The van der Waals surface area contributed by atoms with Gasteiger partial charge in [-0.1, -0.05) is 0 Å². The first-order valence-electron chi connectivity index (χ1n) is 6.38. The van der Waals surface area contributed by atoms with Gasteiger partial charge in [-0.05, 0) is 19.1 Å². The van der Waals surface area contributed by atoms with Crippen molar-refractivity contribution in [2.24, 2.45) is 0 Å². The van der Waals surface area contributed by atoms with Crippen molar-refractivity contribution >= 4 is 28.3 Å². The van der Waals surface area contributed by atoms with E-state index < -0.39 is 0 Å². The summed E-state index contributed by atoms with van der Waals surface area (Å²) in [6.45, 7) is 2.78. The molecule has 3 aromatic rings. The van der Waals surface area contributed by atoms with E-state index in [4.69, 9.17) is 10.5 Å². The SMILES string of the molecule is COc1ccc2nc(N)n(CCc3csc(C)n3)c2c1. The molecule has 2 heterocycles. The molecule has 104 valence electrons. The lowest BCUT2D eigenvalue weighted by Crippen LogP contribution is -2.06. The molecule has 20 heavy (non-hydrogen) atoms. The van der Waals surface area contributed by atoms with Crippen LogP contribution in [0.5, 0.6) is 5.75 Å². The largest absolute Gasteiger partial charge is 0.497 e. The first-order valence-corrected chi connectivity index (χ1v) is 7.26. The summed E-state index contributed by atoms with van der Waals surface area (Å²) in [4.78, 5) is 8.85. The summed E-state index contributed by atoms with van der Waals surface area (Å²) < 4.78 is 7.27. The van der Waals surface area contributed by atoms with Crippen molar-refractivity contribution in [1.82, 2.24) is 14.5 Å². The van der Waals surface area contributed by atoms with Gasteiger partial charge in [-0.15, -0.1) is 11.3 Å². The number of anilines is 1. The number of aromatic nitrogens is 3. The van der Waals surface area contributed by atoms with Crippen LogP contribution in [-0.4, -0.2) is 21.6 Å². The summed E-state index contributed by atoms with van der Waals surface area (Å²) >= 11 is 1.67. The van der Waals surface area contributed by atoms with E-state index in [1.165, 1.54) is 0 Å². The Morgan fingerprint density at radius 3 is 2.90 bits per heavy atom. The van der Waals surface area contributed by atoms with E-state index in [0.29, 0.717) is 5.95 Å². The molecule has 0 saturated heterocycles. The lowest BCUT2D eigenvalue weighted by atomic mass is 10.3. The average molecular weight is 288 g/mol. The minimum Gasteiger partial charge on any atom is -0.497 e. The van der Waals surface area contributed by atoms with Gasteiger partial charge >= 0.3 is 0 Å². The molecular weight excluding hydrogens is 272 g/mol. The summed E-state index contributed by atoms with van der Waals surface area (Å²) in [5, 5.41) is 3.18. The van der Waals surface area contributed by atoms with Crippen molar-refractivity contribution in [3.05, 3.63) is 34.3 Å². The Bertz CT molecular complexity index is 747. The number of benzene rings is 1. The van der Waals surface area contributed by atoms with Crippen LogP contribution < -0.4 is 10.5 Å². The summed E-state index contributed by atoms with van der Waals surface area (Å²) in [6, 6.07) is 5.78. The molecule has 6 heteroatoms. The third kappa shape index (κ3) is 2.34. The first kappa shape index (κ1) is 12.9. The van der Waals surface area contributed by atoms with Gasteiger partial charge in [-0.2, -0.15) is 0 Å². The number of nitrogens with zero attached hydrogens (tertiary/aromatic N) is 3. The van der Waals surface area contributed by atoms with Crippen molar-refractivity contribution in [2.45, 2.75) is 19.9 Å². The molecule has 0 aliphatic carbocycles. The summed E-state index contributed by atoms with van der Waals surface area (Å²) in [7, 11) is 1.66. The summed E-state index contributed by atoms with van der Waals surface area (Å²) in [6.07, 6.45) is 0.844. The average Bonchev–Trinajstić information content (AvgIpc) is 2.98. The monoisotopic (exact) mass is 288 g/mol. The van der Waals surface area contributed by atoms with E-state index in [2.05, 4.69) is 15.3 Å². The van der Waals surface area contributed by atoms with Gasteiger partial charge in [0.05, 0.1) is 28.8 Å². The highest BCUT2D eigenvalue weighted by atomic mass is 32.1. The Balaban J connectivity index is 1.91. The van der Waals surface area contributed by atoms with Crippen LogP contribution in [0.2, 0.25) is 0 Å². The second-order valence-corrected chi connectivity index (χ2v) is 5.65. The predicted octanol–water partition coefficient (Wildman–Crippen LogP) is 2.63. The van der Waals surface area contributed by atoms with Crippen LogP contribution in [0.15, 0.2) is 23.6 Å². The van der Waals surface area contributed by atoms with Crippen LogP contribution in [0.3, 0.4) is 0 Å². The lowest BCUT2D eigenvalue weighted by molar-refractivity contribution is 0.415. The Labute approximate surface area is 121 Å². The third-order valence-electron chi connectivity index (χ3n) is 3.24. The quantitative estimate of drug-likeness (QED) is 0.801. The molecule has 0 atom stereocenters. The van der Waals surface area contributed by atoms with Gasteiger partial charge in [-0.3, -0.25) is 0 Å². The molecule has 0 saturated carbocycles. The Morgan fingerprint density at radius 1 is 1.35 bits per heavy atom. The molecule has 0 spiro atoms. The van der Waals surface area contributed by atoms with Gasteiger partial charge in [-0.25, -0.2) is 9.97 Å². The number of rotatable bonds is 4. The van der Waals surface area contributed by atoms with E-state index in [1.54, 1.807) is 18.4 Å². The van der Waals surface area contributed by atoms with E-state index in [9.17, 15) is 0 Å². The Kier molecular flexibility index (Phi) is 3.31. The molecule has 3 rings (SSSR count). The number of imidazole rings is 1. The highest BCUT2D eigenvalue weighted by Crippen LogP contribution is 2.23. The number of fused-ring (bicyclic) bond motifs is 1. The molecule has 1 aromatic carbocycles. The minimum atomic E-state index is 0.528. The zero-order valence-corrected chi connectivity index (χ0v) is 12.3. The maximum absolute atomic E-state index is 6.01. The lowest BCUT2D eigenvalue weighted by Gasteiger charge is -2.06. The van der Waals surface area contributed by atoms with E-state index in [1.807, 2.05) is 29.7 Å². The number of nitrogens with two attached hydrogens (primary N) is 1. The van der Waals surface area contributed by atoms with Crippen LogP contribution in [0.1, 0.15) is 10.7 Å². The third-order valence-corrected chi connectivity index (χ3v) is 4.07. The van der Waals surface area contributed by atoms with Gasteiger partial charge in [0.1, 0.15) is 5.75 Å². The molecule has 5 nitrogen and oxygen atoms in total. The van der Waals surface area contributed by atoms with E-state index in [-0.39, 0.29) is 0 Å². The fourth-order valence-corrected chi connectivity index (χ4v) is 2.88. The minimum absolute atomic E-state index is 0.528. The zero-order valence-electron chi connectivity index (χ0n) is 11.5. The van der Waals surface area contributed by atoms with Crippen molar-refractivity contribution < 1.29 is 4.74 Å². The van der Waals surface area contributed by atoms with Crippen LogP contribution in [-0.2, 0) is 13.0 Å². The molecule has 0 aliphatic heterocycles. The predicted molar refractivity (Wildman–Crippen MR) is 81.3 cm³/mol. The molecule has 0 fully saturated rings. The zero-order chi connectivity index (χ0) is 14.1. The molecular formula is C14H16N4OS. The maximum atomic E-state index is 6.01. The fraction of sp³-hybridized carbons (Fsp3) is 0.286. The van der Waals surface area contributed by atoms with Gasteiger partial charge in [0, 0.05) is 24.4 Å². The van der Waals surface area contributed by atoms with Crippen molar-refractivity contribution in [3.8, 4) is 5.75 Å². The molecule has 0 amide bonds. The number of ether oxygens (including phenoxy) is 1. The standard InChI is InChI=1S/C14H16N4OS/c1-9-16-10(8-20-9)5-6-18-13-7-11(19-2)3-4-12(13)17-14(18)15/h3-4,7-8H,5-6H2,1-2H3,(H2,15,17). The van der Waals surface area contributed by atoms with Crippen LogP contribution >= 0.6 is 11.3 Å². The van der Waals surface area contributed by atoms with Gasteiger partial charge < -0.3 is 15.0 Å². The summed E-state index contributed by atoms with van der Waals surface area (Å²) in [5.41, 5.74) is 8.98. The molecule has 2 aromatic heterocycles. The highest BCUT2D eigenvalue weighted by Gasteiger charge is 2.10. The first-order chi connectivity index (χ1) is 9.67. The van der Waals surface area contributed by atoms with Gasteiger partial charge in [0.25, 0.3) is 0 Å². The van der Waals surface area contributed by atoms with Crippen LogP contribution in [0.4, 0.5) is 5.95 Å². The maximum Gasteiger partial charge on any atom is 0.201 e. The molecule has 0 bridgehead atoms. The van der Waals surface area contributed by atoms with Crippen LogP contribution in [0.25, 0.3) is 11.0 Å². The normalized spacial score (nSPS) is 11.1. The molecule has 0 unspecified atom stereocenters. The number of hydrogen-bond donors (Lipinski definition) is 1. The van der Waals surface area contributed by atoms with Crippen molar-refractivity contribution in [1.29, 1.82) is 0 Å². The topological polar surface area (TPSA) is 66.0 Å². The molecule has 2 N–H and O–H groups in total. The number of hydrogen-bond acceptors (Lipinski definition) is 5. The molecule has 0 aliphatic rings. The van der Waals surface area contributed by atoms with Crippen molar-refractivity contribution in [2.75, 3.05) is 12.8 Å². The smallest absolute Gasteiger partial charge is 0.201 e.